The molecule has 4 rings (SSSR count). The topological polar surface area (TPSA) is 75.3 Å². The lowest BCUT2D eigenvalue weighted by Crippen LogP contribution is -2.48. The van der Waals surface area contributed by atoms with Gasteiger partial charge in [0.2, 0.25) is 0 Å². The molecule has 2 heterocycles. The zero-order valence-corrected chi connectivity index (χ0v) is 19.7. The van der Waals surface area contributed by atoms with Crippen LogP contribution in [0.5, 0.6) is 0 Å². The van der Waals surface area contributed by atoms with Crippen LogP contribution in [-0.2, 0) is 17.2 Å². The summed E-state index contributed by atoms with van der Waals surface area (Å²) in [6.07, 6.45) is 3.60. The van der Waals surface area contributed by atoms with E-state index in [1.807, 2.05) is 17.8 Å². The molecular weight excluding hydrogens is 440 g/mol. The SMILES string of the molecule is CS(=O)c1ccc2c(c1)C(N1CCN(CCCO)CC1)Cc1ccccc1S2.Cl.O. The Labute approximate surface area is 192 Å². The smallest absolute Gasteiger partial charge is 0.0498 e. The van der Waals surface area contributed by atoms with Crippen molar-refractivity contribution in [3.8, 4) is 0 Å². The highest BCUT2D eigenvalue weighted by molar-refractivity contribution is 7.99. The average molecular weight is 471 g/mol. The van der Waals surface area contributed by atoms with Crippen molar-refractivity contribution < 1.29 is 14.8 Å². The summed E-state index contributed by atoms with van der Waals surface area (Å²) in [5.41, 5.74) is 2.72. The van der Waals surface area contributed by atoms with Gasteiger partial charge in [0.15, 0.2) is 0 Å². The van der Waals surface area contributed by atoms with E-state index in [2.05, 4.69) is 46.2 Å². The van der Waals surface area contributed by atoms with Crippen molar-refractivity contribution in [3.05, 3.63) is 53.6 Å². The Kier molecular flexibility index (Phi) is 9.81. The highest BCUT2D eigenvalue weighted by Crippen LogP contribution is 2.43. The van der Waals surface area contributed by atoms with Crippen LogP contribution < -0.4 is 0 Å². The highest BCUT2D eigenvalue weighted by atomic mass is 35.5. The molecule has 5 nitrogen and oxygen atoms in total. The van der Waals surface area contributed by atoms with Gasteiger partial charge in [-0.1, -0.05) is 30.0 Å². The van der Waals surface area contributed by atoms with Gasteiger partial charge in [-0.3, -0.25) is 9.11 Å². The number of hydrogen-bond donors (Lipinski definition) is 1. The molecule has 1 fully saturated rings. The Morgan fingerprint density at radius 1 is 1.10 bits per heavy atom. The minimum Gasteiger partial charge on any atom is -0.412 e. The van der Waals surface area contributed by atoms with Gasteiger partial charge in [0.05, 0.1) is 0 Å². The molecule has 0 amide bonds. The molecule has 8 heteroatoms. The normalized spacial score (nSPS) is 20.1. The zero-order chi connectivity index (χ0) is 19.5. The second-order valence-corrected chi connectivity index (χ2v) is 10.0. The van der Waals surface area contributed by atoms with E-state index in [1.54, 1.807) is 6.26 Å². The largest absolute Gasteiger partial charge is 0.412 e. The summed E-state index contributed by atoms with van der Waals surface area (Å²) in [7, 11) is -0.972. The first-order valence-electron chi connectivity index (χ1n) is 9.96. The molecule has 0 aromatic heterocycles. The van der Waals surface area contributed by atoms with Crippen LogP contribution in [0.2, 0.25) is 0 Å². The van der Waals surface area contributed by atoms with Gasteiger partial charge < -0.3 is 15.5 Å². The van der Waals surface area contributed by atoms with Gasteiger partial charge in [0, 0.05) is 77.1 Å². The monoisotopic (exact) mass is 470 g/mol. The standard InChI is InChI=1S/C22H28N2O2S2.ClH.H2O/c1-28(26)18-7-8-22-19(16-18)20(15-17-5-2-3-6-21(17)27-22)24-12-10-23(11-13-24)9-4-14-25;;/h2-3,5-8,16,20,25H,4,9-15H2,1H3;1H;1H2. The lowest BCUT2D eigenvalue weighted by molar-refractivity contribution is 0.0898. The van der Waals surface area contributed by atoms with E-state index >= 15 is 0 Å². The second-order valence-electron chi connectivity index (χ2n) is 7.54. The Morgan fingerprint density at radius 2 is 1.83 bits per heavy atom. The summed E-state index contributed by atoms with van der Waals surface area (Å²) in [6, 6.07) is 15.4. The van der Waals surface area contributed by atoms with Crippen LogP contribution in [0.15, 0.2) is 57.2 Å². The first-order chi connectivity index (χ1) is 13.7. The quantitative estimate of drug-likeness (QED) is 0.727. The molecule has 166 valence electrons. The lowest BCUT2D eigenvalue weighted by Gasteiger charge is -2.39. The molecule has 0 saturated carbocycles. The molecule has 2 atom stereocenters. The van der Waals surface area contributed by atoms with E-state index in [-0.39, 0.29) is 24.5 Å². The van der Waals surface area contributed by atoms with Crippen molar-refractivity contribution in [2.45, 2.75) is 33.6 Å². The minimum atomic E-state index is -0.972. The zero-order valence-electron chi connectivity index (χ0n) is 17.3. The third-order valence-corrected chi connectivity index (χ3v) is 7.89. The van der Waals surface area contributed by atoms with Gasteiger partial charge in [-0.2, -0.15) is 0 Å². The summed E-state index contributed by atoms with van der Waals surface area (Å²) in [6.45, 7) is 5.38. The molecule has 3 N–H and O–H groups in total. The van der Waals surface area contributed by atoms with Crippen LogP contribution in [0.25, 0.3) is 0 Å². The molecular formula is C22H31ClN2O3S2. The molecule has 2 aliphatic heterocycles. The third kappa shape index (κ3) is 5.65. The molecule has 2 unspecified atom stereocenters. The van der Waals surface area contributed by atoms with E-state index in [9.17, 15) is 4.21 Å². The first kappa shape index (κ1) is 25.3. The summed E-state index contributed by atoms with van der Waals surface area (Å²) in [4.78, 5) is 8.58. The number of rotatable bonds is 5. The van der Waals surface area contributed by atoms with Crippen LogP contribution >= 0.6 is 24.2 Å². The van der Waals surface area contributed by atoms with E-state index in [1.165, 1.54) is 20.9 Å². The molecule has 0 radical (unpaired) electrons. The number of aliphatic hydroxyl groups is 1. The van der Waals surface area contributed by atoms with Gasteiger partial charge in [0.25, 0.3) is 0 Å². The lowest BCUT2D eigenvalue weighted by atomic mass is 9.96. The van der Waals surface area contributed by atoms with E-state index in [0.29, 0.717) is 6.04 Å². The predicted molar refractivity (Wildman–Crippen MR) is 126 cm³/mol. The van der Waals surface area contributed by atoms with Crippen LogP contribution in [0, 0.1) is 0 Å². The first-order valence-corrected chi connectivity index (χ1v) is 12.3. The molecule has 0 spiro atoms. The maximum absolute atomic E-state index is 12.1. The number of piperazine rings is 1. The maximum atomic E-state index is 12.1. The van der Waals surface area contributed by atoms with Crippen molar-refractivity contribution in [1.82, 2.24) is 9.80 Å². The van der Waals surface area contributed by atoms with Gasteiger partial charge in [-0.25, -0.2) is 0 Å². The van der Waals surface area contributed by atoms with Crippen LogP contribution in [-0.4, -0.2) is 70.2 Å². The number of hydrogen-bond acceptors (Lipinski definition) is 5. The highest BCUT2D eigenvalue weighted by Gasteiger charge is 2.30. The Bertz CT molecular complexity index is 860. The molecule has 2 aromatic carbocycles. The Balaban J connectivity index is 0.00000160. The van der Waals surface area contributed by atoms with Crippen LogP contribution in [0.4, 0.5) is 0 Å². The summed E-state index contributed by atoms with van der Waals surface area (Å²) in [5.74, 6) is 0. The fraction of sp³-hybridized carbons (Fsp3) is 0.455. The Hall–Kier alpha value is -0.930. The van der Waals surface area contributed by atoms with Crippen molar-refractivity contribution >= 4 is 35.0 Å². The van der Waals surface area contributed by atoms with E-state index < -0.39 is 10.8 Å². The molecule has 30 heavy (non-hydrogen) atoms. The second kappa shape index (κ2) is 11.6. The number of halogens is 1. The van der Waals surface area contributed by atoms with Gasteiger partial charge in [-0.05, 0) is 48.2 Å². The molecule has 2 aromatic rings. The number of benzene rings is 2. The maximum Gasteiger partial charge on any atom is 0.0498 e. The molecule has 1 saturated heterocycles. The minimum absolute atomic E-state index is 0. The van der Waals surface area contributed by atoms with Gasteiger partial charge >= 0.3 is 0 Å². The van der Waals surface area contributed by atoms with Crippen LogP contribution in [0.3, 0.4) is 0 Å². The van der Waals surface area contributed by atoms with Crippen molar-refractivity contribution in [2.24, 2.45) is 0 Å². The number of aliphatic hydroxyl groups excluding tert-OH is 1. The van der Waals surface area contributed by atoms with E-state index in [4.69, 9.17) is 5.11 Å². The number of fused-ring (bicyclic) bond motifs is 2. The van der Waals surface area contributed by atoms with Crippen molar-refractivity contribution in [2.75, 3.05) is 45.6 Å². The third-order valence-electron chi connectivity index (χ3n) is 5.76. The van der Waals surface area contributed by atoms with Gasteiger partial charge in [-0.15, -0.1) is 12.4 Å². The van der Waals surface area contributed by atoms with Crippen molar-refractivity contribution in [1.29, 1.82) is 0 Å². The predicted octanol–water partition coefficient (Wildman–Crippen LogP) is 2.77. The fourth-order valence-electron chi connectivity index (χ4n) is 4.19. The number of nitrogens with zero attached hydrogens (tertiary/aromatic N) is 2. The molecule has 2 aliphatic rings. The van der Waals surface area contributed by atoms with Crippen molar-refractivity contribution in [3.63, 3.8) is 0 Å². The summed E-state index contributed by atoms with van der Waals surface area (Å²) >= 11 is 1.84. The van der Waals surface area contributed by atoms with Gasteiger partial charge in [0.1, 0.15) is 0 Å². The van der Waals surface area contributed by atoms with Crippen LogP contribution in [0.1, 0.15) is 23.6 Å². The Morgan fingerprint density at radius 3 is 2.53 bits per heavy atom. The average Bonchev–Trinajstić information content (AvgIpc) is 2.88. The molecule has 0 bridgehead atoms. The fourth-order valence-corrected chi connectivity index (χ4v) is 5.85. The summed E-state index contributed by atoms with van der Waals surface area (Å²) < 4.78 is 12.1. The van der Waals surface area contributed by atoms with E-state index in [0.717, 1.165) is 50.5 Å². The molecule has 0 aliphatic carbocycles. The summed E-state index contributed by atoms with van der Waals surface area (Å²) in [5, 5.41) is 9.09.